The number of hydrogen-bond acceptors (Lipinski definition) is 5. The van der Waals surface area contributed by atoms with Crippen LogP contribution >= 0.6 is 15.9 Å². The Hall–Kier alpha value is -0.880. The van der Waals surface area contributed by atoms with E-state index in [9.17, 15) is 0 Å². The molecule has 1 heterocycles. The molecule has 0 atom stereocenters. The second-order valence-electron chi connectivity index (χ2n) is 3.40. The topological polar surface area (TPSA) is 56.3 Å². The minimum absolute atomic E-state index is 0.238. The van der Waals surface area contributed by atoms with Crippen LogP contribution in [-0.2, 0) is 4.74 Å². The summed E-state index contributed by atoms with van der Waals surface area (Å²) in [5, 5.41) is 3.05. The van der Waals surface area contributed by atoms with Crippen molar-refractivity contribution < 1.29 is 9.47 Å². The van der Waals surface area contributed by atoms with Crippen molar-refractivity contribution in [2.45, 2.75) is 20.0 Å². The van der Waals surface area contributed by atoms with Gasteiger partial charge < -0.3 is 14.8 Å². The van der Waals surface area contributed by atoms with Crippen LogP contribution in [-0.4, -0.2) is 36.3 Å². The van der Waals surface area contributed by atoms with E-state index in [0.717, 1.165) is 4.47 Å². The number of nitrogens with one attached hydrogen (secondary N) is 1. The van der Waals surface area contributed by atoms with E-state index >= 15 is 0 Å². The molecule has 1 N–H and O–H groups in total. The summed E-state index contributed by atoms with van der Waals surface area (Å²) in [6.07, 6.45) is 1.89. The molecule has 0 amide bonds. The lowest BCUT2D eigenvalue weighted by Crippen LogP contribution is -2.14. The van der Waals surface area contributed by atoms with Gasteiger partial charge in [-0.05, 0) is 29.8 Å². The number of rotatable bonds is 6. The Morgan fingerprint density at radius 1 is 1.50 bits per heavy atom. The Labute approximate surface area is 104 Å². The van der Waals surface area contributed by atoms with Crippen LogP contribution in [0.25, 0.3) is 0 Å². The van der Waals surface area contributed by atoms with Gasteiger partial charge in [-0.15, -0.1) is 0 Å². The average molecular weight is 290 g/mol. The Balaban J connectivity index is 2.42. The van der Waals surface area contributed by atoms with E-state index in [4.69, 9.17) is 9.47 Å². The first-order valence-electron chi connectivity index (χ1n) is 5.05. The molecule has 0 spiro atoms. The van der Waals surface area contributed by atoms with Crippen LogP contribution in [0.15, 0.2) is 10.7 Å². The van der Waals surface area contributed by atoms with Crippen molar-refractivity contribution in [2.75, 3.05) is 25.6 Å². The molecule has 0 aliphatic heterocycles. The summed E-state index contributed by atoms with van der Waals surface area (Å²) in [4.78, 5) is 8.26. The molecule has 6 heteroatoms. The highest BCUT2D eigenvalue weighted by Crippen LogP contribution is 2.21. The molecular formula is C10H16BrN3O2. The summed E-state index contributed by atoms with van der Waals surface area (Å²) >= 11 is 3.29. The molecule has 90 valence electrons. The molecule has 1 aromatic heterocycles. The molecule has 0 radical (unpaired) electrons. The number of nitrogens with zero attached hydrogens (tertiary/aromatic N) is 2. The van der Waals surface area contributed by atoms with Gasteiger partial charge in [0, 0.05) is 6.54 Å². The van der Waals surface area contributed by atoms with Crippen molar-refractivity contribution in [3.63, 3.8) is 0 Å². The first kappa shape index (κ1) is 13.2. The van der Waals surface area contributed by atoms with Crippen LogP contribution < -0.4 is 10.1 Å². The smallest absolute Gasteiger partial charge is 0.232 e. The SMILES string of the molecule is COc1nc(NCCOC(C)C)ncc1Br. The highest BCUT2D eigenvalue weighted by atomic mass is 79.9. The van der Waals surface area contributed by atoms with E-state index in [1.54, 1.807) is 13.3 Å². The quantitative estimate of drug-likeness (QED) is 0.813. The van der Waals surface area contributed by atoms with E-state index in [2.05, 4.69) is 31.2 Å². The Kier molecular flexibility index (Phi) is 5.48. The van der Waals surface area contributed by atoms with Gasteiger partial charge in [0.25, 0.3) is 0 Å². The maximum atomic E-state index is 5.39. The molecule has 0 aliphatic rings. The summed E-state index contributed by atoms with van der Waals surface area (Å²) in [5.74, 6) is 1.05. The Morgan fingerprint density at radius 2 is 2.25 bits per heavy atom. The highest BCUT2D eigenvalue weighted by Gasteiger charge is 2.04. The van der Waals surface area contributed by atoms with E-state index in [-0.39, 0.29) is 6.10 Å². The van der Waals surface area contributed by atoms with Gasteiger partial charge >= 0.3 is 0 Å². The standard InChI is InChI=1S/C10H16BrN3O2/c1-7(2)16-5-4-12-10-13-6-8(11)9(14-10)15-3/h6-7H,4-5H2,1-3H3,(H,12,13,14). The van der Waals surface area contributed by atoms with E-state index < -0.39 is 0 Å². The van der Waals surface area contributed by atoms with Gasteiger partial charge in [-0.2, -0.15) is 4.98 Å². The first-order valence-corrected chi connectivity index (χ1v) is 5.84. The Bertz CT molecular complexity index is 334. The zero-order valence-corrected chi connectivity index (χ0v) is 11.2. The molecule has 0 bridgehead atoms. The summed E-state index contributed by atoms with van der Waals surface area (Å²) in [6.45, 7) is 5.29. The number of anilines is 1. The van der Waals surface area contributed by atoms with Crippen molar-refractivity contribution in [1.82, 2.24) is 9.97 Å². The summed E-state index contributed by atoms with van der Waals surface area (Å²) in [7, 11) is 1.57. The number of hydrogen-bond donors (Lipinski definition) is 1. The zero-order chi connectivity index (χ0) is 12.0. The van der Waals surface area contributed by atoms with Crippen molar-refractivity contribution >= 4 is 21.9 Å². The fourth-order valence-corrected chi connectivity index (χ4v) is 1.39. The van der Waals surface area contributed by atoms with Crippen molar-refractivity contribution in [3.05, 3.63) is 10.7 Å². The van der Waals surface area contributed by atoms with Crippen LogP contribution in [0.3, 0.4) is 0 Å². The summed E-state index contributed by atoms with van der Waals surface area (Å²) in [6, 6.07) is 0. The molecule has 0 unspecified atom stereocenters. The lowest BCUT2D eigenvalue weighted by molar-refractivity contribution is 0.0870. The predicted molar refractivity (Wildman–Crippen MR) is 65.9 cm³/mol. The van der Waals surface area contributed by atoms with Gasteiger partial charge in [-0.3, -0.25) is 0 Å². The fraction of sp³-hybridized carbons (Fsp3) is 0.600. The second-order valence-corrected chi connectivity index (χ2v) is 4.25. The molecule has 0 aromatic carbocycles. The largest absolute Gasteiger partial charge is 0.480 e. The molecule has 0 saturated heterocycles. The zero-order valence-electron chi connectivity index (χ0n) is 9.66. The number of ether oxygens (including phenoxy) is 2. The second kappa shape index (κ2) is 6.65. The lowest BCUT2D eigenvalue weighted by Gasteiger charge is -2.09. The van der Waals surface area contributed by atoms with E-state index in [1.165, 1.54) is 0 Å². The van der Waals surface area contributed by atoms with Gasteiger partial charge in [0.1, 0.15) is 0 Å². The first-order chi connectivity index (χ1) is 7.63. The van der Waals surface area contributed by atoms with Crippen LogP contribution in [0, 0.1) is 0 Å². The number of methoxy groups -OCH3 is 1. The molecule has 0 fully saturated rings. The van der Waals surface area contributed by atoms with Gasteiger partial charge in [-0.1, -0.05) is 0 Å². The maximum Gasteiger partial charge on any atom is 0.232 e. The highest BCUT2D eigenvalue weighted by molar-refractivity contribution is 9.10. The maximum absolute atomic E-state index is 5.39. The van der Waals surface area contributed by atoms with Crippen LogP contribution in [0.2, 0.25) is 0 Å². The normalized spacial score (nSPS) is 10.6. The monoisotopic (exact) mass is 289 g/mol. The summed E-state index contributed by atoms with van der Waals surface area (Å²) < 4.78 is 11.2. The third-order valence-corrected chi connectivity index (χ3v) is 2.29. The van der Waals surface area contributed by atoms with Crippen LogP contribution in [0.1, 0.15) is 13.8 Å². The molecular weight excluding hydrogens is 274 g/mol. The third kappa shape index (κ3) is 4.32. The van der Waals surface area contributed by atoms with Gasteiger partial charge in [0.15, 0.2) is 0 Å². The van der Waals surface area contributed by atoms with Gasteiger partial charge in [0.2, 0.25) is 11.8 Å². The van der Waals surface area contributed by atoms with Crippen LogP contribution in [0.5, 0.6) is 5.88 Å². The van der Waals surface area contributed by atoms with Crippen molar-refractivity contribution in [3.8, 4) is 5.88 Å². The molecule has 16 heavy (non-hydrogen) atoms. The van der Waals surface area contributed by atoms with Crippen molar-refractivity contribution in [2.24, 2.45) is 0 Å². The van der Waals surface area contributed by atoms with Gasteiger partial charge in [0.05, 0.1) is 30.5 Å². The summed E-state index contributed by atoms with van der Waals surface area (Å²) in [5.41, 5.74) is 0. The molecule has 1 aromatic rings. The molecule has 0 aliphatic carbocycles. The minimum Gasteiger partial charge on any atom is -0.480 e. The Morgan fingerprint density at radius 3 is 2.88 bits per heavy atom. The van der Waals surface area contributed by atoms with Crippen molar-refractivity contribution in [1.29, 1.82) is 0 Å². The van der Waals surface area contributed by atoms with Gasteiger partial charge in [-0.25, -0.2) is 4.98 Å². The predicted octanol–water partition coefficient (Wildman–Crippen LogP) is 2.08. The van der Waals surface area contributed by atoms with Crippen LogP contribution in [0.4, 0.5) is 5.95 Å². The molecule has 5 nitrogen and oxygen atoms in total. The van der Waals surface area contributed by atoms with E-state index in [1.807, 2.05) is 13.8 Å². The molecule has 1 rings (SSSR count). The van der Waals surface area contributed by atoms with E-state index in [0.29, 0.717) is 25.0 Å². The lowest BCUT2D eigenvalue weighted by atomic mass is 10.5. The minimum atomic E-state index is 0.238. The molecule has 0 saturated carbocycles. The fourth-order valence-electron chi connectivity index (χ4n) is 1.04. The average Bonchev–Trinajstić information content (AvgIpc) is 2.26. The number of aromatic nitrogens is 2. The third-order valence-electron chi connectivity index (χ3n) is 1.74. The number of halogens is 1.